The number of rotatable bonds is 1. The van der Waals surface area contributed by atoms with Crippen molar-refractivity contribution in [2.75, 3.05) is 0 Å². The van der Waals surface area contributed by atoms with Crippen LogP contribution in [0.1, 0.15) is 0 Å². The molecule has 0 bridgehead atoms. The van der Waals surface area contributed by atoms with Crippen LogP contribution in [-0.2, 0) is 0 Å². The Hall–Kier alpha value is -0.960. The van der Waals surface area contributed by atoms with Crippen LogP contribution in [0, 0.1) is 0 Å². The van der Waals surface area contributed by atoms with Gasteiger partial charge in [0, 0.05) is 11.6 Å². The van der Waals surface area contributed by atoms with Gasteiger partial charge in [-0.15, -0.1) is 0 Å². The van der Waals surface area contributed by atoms with Crippen LogP contribution < -0.4 is 0 Å². The zero-order chi connectivity index (χ0) is 7.68. The molecule has 56 valence electrons. The summed E-state index contributed by atoms with van der Waals surface area (Å²) in [5.74, 6) is 0. The molecule has 1 heterocycles. The van der Waals surface area contributed by atoms with E-state index in [-0.39, 0.29) is 12.1 Å². The van der Waals surface area contributed by atoms with Crippen LogP contribution >= 0.6 is 12.1 Å². The van der Waals surface area contributed by atoms with Gasteiger partial charge in [0.15, 0.2) is 0 Å². The van der Waals surface area contributed by atoms with E-state index in [1.807, 2.05) is 24.4 Å². The van der Waals surface area contributed by atoms with E-state index in [0.29, 0.717) is 4.90 Å². The summed E-state index contributed by atoms with van der Waals surface area (Å²) in [7, 11) is 0. The van der Waals surface area contributed by atoms with Gasteiger partial charge in [-0.2, -0.15) is 3.89 Å². The molecule has 0 spiro atoms. The first-order valence-electron chi connectivity index (χ1n) is 3.26. The molecule has 0 aliphatic rings. The lowest BCUT2D eigenvalue weighted by molar-refractivity contribution is 0.935. The molecule has 0 aliphatic carbocycles. The van der Waals surface area contributed by atoms with Crippen LogP contribution in [0.25, 0.3) is 10.9 Å². The first kappa shape index (κ1) is 6.73. The number of para-hydroxylation sites is 1. The normalized spacial score (nSPS) is 10.6. The predicted molar refractivity (Wildman–Crippen MR) is 45.3 cm³/mol. The summed E-state index contributed by atoms with van der Waals surface area (Å²) in [6.45, 7) is 0. The zero-order valence-electron chi connectivity index (χ0n) is 5.67. The molecule has 0 saturated carbocycles. The van der Waals surface area contributed by atoms with Gasteiger partial charge in [-0.3, -0.25) is 0 Å². The molecule has 11 heavy (non-hydrogen) atoms. The fourth-order valence-corrected chi connectivity index (χ4v) is 1.50. The summed E-state index contributed by atoms with van der Waals surface area (Å²) < 4.78 is 12.2. The van der Waals surface area contributed by atoms with Crippen LogP contribution in [0.3, 0.4) is 0 Å². The fraction of sp³-hybridized carbons (Fsp3) is 0. The van der Waals surface area contributed by atoms with E-state index in [2.05, 4.69) is 4.98 Å². The summed E-state index contributed by atoms with van der Waals surface area (Å²) >= 11 is 0.272. The first-order chi connectivity index (χ1) is 5.42. The molecule has 0 amide bonds. The molecule has 0 atom stereocenters. The van der Waals surface area contributed by atoms with E-state index in [1.165, 1.54) is 0 Å². The second kappa shape index (κ2) is 2.58. The minimum Gasteiger partial charge on any atom is -0.360 e. The molecular formula is C8H6FNS. The average molecular weight is 167 g/mol. The molecule has 2 rings (SSSR count). The van der Waals surface area contributed by atoms with Crippen molar-refractivity contribution in [3.8, 4) is 0 Å². The lowest BCUT2D eigenvalue weighted by Crippen LogP contribution is -1.70. The van der Waals surface area contributed by atoms with Gasteiger partial charge < -0.3 is 4.98 Å². The molecular weight excluding hydrogens is 161 g/mol. The average Bonchev–Trinajstić information content (AvgIpc) is 2.50. The smallest absolute Gasteiger partial charge is 0.0834 e. The van der Waals surface area contributed by atoms with Gasteiger partial charge in [-0.25, -0.2) is 0 Å². The minimum absolute atomic E-state index is 0.272. The Kier molecular flexibility index (Phi) is 1.58. The van der Waals surface area contributed by atoms with Crippen molar-refractivity contribution in [2.45, 2.75) is 4.90 Å². The van der Waals surface area contributed by atoms with Crippen molar-refractivity contribution >= 4 is 23.1 Å². The standard InChI is InChI=1S/C8H6FNS/c9-11-7-3-1-2-6-4-5-10-8(6)7/h1-5,10H. The molecule has 0 aliphatic heterocycles. The van der Waals surface area contributed by atoms with Crippen LogP contribution in [0.4, 0.5) is 3.89 Å². The number of aromatic nitrogens is 1. The topological polar surface area (TPSA) is 15.8 Å². The number of H-pyrrole nitrogens is 1. The lowest BCUT2D eigenvalue weighted by Gasteiger charge is -1.93. The third-order valence-corrected chi connectivity index (χ3v) is 2.14. The largest absolute Gasteiger partial charge is 0.360 e. The first-order valence-corrected chi connectivity index (χ1v) is 3.98. The Balaban J connectivity index is 2.79. The molecule has 0 unspecified atom stereocenters. The van der Waals surface area contributed by atoms with Gasteiger partial charge in [0.1, 0.15) is 0 Å². The highest BCUT2D eigenvalue weighted by molar-refractivity contribution is 7.94. The maximum Gasteiger partial charge on any atom is 0.0834 e. The lowest BCUT2D eigenvalue weighted by atomic mass is 10.2. The Morgan fingerprint density at radius 3 is 3.00 bits per heavy atom. The van der Waals surface area contributed by atoms with Gasteiger partial charge in [0.05, 0.1) is 22.6 Å². The van der Waals surface area contributed by atoms with Crippen LogP contribution in [0.2, 0.25) is 0 Å². The van der Waals surface area contributed by atoms with Crippen molar-refractivity contribution in [2.24, 2.45) is 0 Å². The van der Waals surface area contributed by atoms with Gasteiger partial charge in [-0.05, 0) is 12.1 Å². The van der Waals surface area contributed by atoms with Crippen LogP contribution in [0.5, 0.6) is 0 Å². The second-order valence-corrected chi connectivity index (χ2v) is 2.87. The van der Waals surface area contributed by atoms with Crippen molar-refractivity contribution < 1.29 is 3.89 Å². The Labute approximate surface area is 67.9 Å². The molecule has 0 saturated heterocycles. The third-order valence-electron chi connectivity index (χ3n) is 1.63. The summed E-state index contributed by atoms with van der Waals surface area (Å²) in [5, 5.41) is 1.05. The van der Waals surface area contributed by atoms with Gasteiger partial charge in [-0.1, -0.05) is 12.1 Å². The molecule has 3 heteroatoms. The van der Waals surface area contributed by atoms with Gasteiger partial charge >= 0.3 is 0 Å². The van der Waals surface area contributed by atoms with Crippen molar-refractivity contribution in [1.82, 2.24) is 4.98 Å². The number of aromatic amines is 1. The van der Waals surface area contributed by atoms with E-state index in [9.17, 15) is 3.89 Å². The van der Waals surface area contributed by atoms with E-state index in [4.69, 9.17) is 0 Å². The fourth-order valence-electron chi connectivity index (χ4n) is 1.12. The molecule has 1 aromatic heterocycles. The molecule has 1 nitrogen and oxygen atoms in total. The van der Waals surface area contributed by atoms with Crippen molar-refractivity contribution in [1.29, 1.82) is 0 Å². The Bertz CT molecular complexity index is 369. The quantitative estimate of drug-likeness (QED) is 0.689. The molecule has 0 fully saturated rings. The number of hydrogen-bond donors (Lipinski definition) is 1. The zero-order valence-corrected chi connectivity index (χ0v) is 6.49. The SMILES string of the molecule is FSc1cccc2cc[nH]c12. The van der Waals surface area contributed by atoms with E-state index in [0.717, 1.165) is 10.9 Å². The Morgan fingerprint density at radius 1 is 1.27 bits per heavy atom. The monoisotopic (exact) mass is 167 g/mol. The molecule has 1 N–H and O–H groups in total. The number of halogens is 1. The maximum absolute atomic E-state index is 12.2. The van der Waals surface area contributed by atoms with E-state index >= 15 is 0 Å². The second-order valence-electron chi connectivity index (χ2n) is 2.28. The highest BCUT2D eigenvalue weighted by Gasteiger charge is 2.00. The highest BCUT2D eigenvalue weighted by atomic mass is 32.2. The van der Waals surface area contributed by atoms with E-state index < -0.39 is 0 Å². The minimum atomic E-state index is 0.272. The number of nitrogens with one attached hydrogen (secondary N) is 1. The Morgan fingerprint density at radius 2 is 2.18 bits per heavy atom. The van der Waals surface area contributed by atoms with Crippen molar-refractivity contribution in [3.63, 3.8) is 0 Å². The maximum atomic E-state index is 12.2. The summed E-state index contributed by atoms with van der Waals surface area (Å²) in [6, 6.07) is 7.47. The van der Waals surface area contributed by atoms with Gasteiger partial charge in [0.25, 0.3) is 0 Å². The summed E-state index contributed by atoms with van der Waals surface area (Å²) in [4.78, 5) is 3.62. The molecule has 2 aromatic rings. The van der Waals surface area contributed by atoms with Crippen molar-refractivity contribution in [3.05, 3.63) is 30.5 Å². The number of benzene rings is 1. The number of hydrogen-bond acceptors (Lipinski definition) is 1. The van der Waals surface area contributed by atoms with Crippen LogP contribution in [0.15, 0.2) is 35.4 Å². The summed E-state index contributed by atoms with van der Waals surface area (Å²) in [6.07, 6.45) is 1.81. The van der Waals surface area contributed by atoms with Gasteiger partial charge in [0.2, 0.25) is 0 Å². The number of fused-ring (bicyclic) bond motifs is 1. The predicted octanol–water partition coefficient (Wildman–Crippen LogP) is 3.14. The molecule has 0 radical (unpaired) electrons. The highest BCUT2D eigenvalue weighted by Crippen LogP contribution is 2.26. The third kappa shape index (κ3) is 1.01. The van der Waals surface area contributed by atoms with E-state index in [1.54, 1.807) is 6.07 Å². The summed E-state index contributed by atoms with van der Waals surface area (Å²) in [5.41, 5.74) is 0.875. The van der Waals surface area contributed by atoms with Crippen LogP contribution in [-0.4, -0.2) is 4.98 Å². The molecule has 1 aromatic carbocycles.